The number of nitrogens with one attached hydrogen (secondary N) is 1. The van der Waals surface area contributed by atoms with Crippen LogP contribution in [0.15, 0.2) is 23.6 Å². The molecule has 1 aliphatic heterocycles. The number of nitrogens with zero attached hydrogens (tertiary/aromatic N) is 5. The summed E-state index contributed by atoms with van der Waals surface area (Å²) in [6.45, 7) is 0.122. The van der Waals surface area contributed by atoms with Crippen molar-refractivity contribution in [1.82, 2.24) is 19.5 Å². The smallest absolute Gasteiger partial charge is 0.247 e. The van der Waals surface area contributed by atoms with Gasteiger partial charge in [0.05, 0.1) is 6.33 Å². The van der Waals surface area contributed by atoms with Gasteiger partial charge in [-0.3, -0.25) is 9.36 Å². The number of hydrogen-bond acceptors (Lipinski definition) is 11. The van der Waals surface area contributed by atoms with Crippen LogP contribution in [0.3, 0.4) is 0 Å². The Hall–Kier alpha value is -2.93. The maximum absolute atomic E-state index is 12.2. The monoisotopic (exact) mass is 430 g/mol. The highest BCUT2D eigenvalue weighted by molar-refractivity contribution is 5.85. The van der Waals surface area contributed by atoms with Crippen molar-refractivity contribution in [2.24, 2.45) is 16.8 Å². The first kappa shape index (κ1) is 21.3. The number of aromatic nitrogens is 4. The quantitative estimate of drug-likeness (QED) is 0.222. The molecule has 12 nitrogen and oxygen atoms in total. The zero-order chi connectivity index (χ0) is 22.0. The molecule has 2 aromatic rings. The minimum atomic E-state index is -1.40. The number of anilines is 2. The largest absolute Gasteiger partial charge is 0.387 e. The molecule has 2 aliphatic rings. The Balaban J connectivity index is 1.57. The summed E-state index contributed by atoms with van der Waals surface area (Å²) >= 11 is 0. The molecule has 31 heavy (non-hydrogen) atoms. The third-order valence-corrected chi connectivity index (χ3v) is 5.43. The van der Waals surface area contributed by atoms with E-state index in [1.807, 2.05) is 6.21 Å². The van der Waals surface area contributed by atoms with Gasteiger partial charge in [-0.25, -0.2) is 10.4 Å². The number of nitrogens with two attached hydrogens (primary N) is 2. The van der Waals surface area contributed by atoms with Gasteiger partial charge in [-0.1, -0.05) is 12.2 Å². The van der Waals surface area contributed by atoms with E-state index in [1.54, 1.807) is 0 Å². The third kappa shape index (κ3) is 4.28. The Morgan fingerprint density at radius 3 is 2.94 bits per heavy atom. The number of nitrogen functional groups attached to an aromatic ring is 1. The van der Waals surface area contributed by atoms with Gasteiger partial charge in [0.2, 0.25) is 5.95 Å². The third-order valence-electron chi connectivity index (χ3n) is 5.43. The first-order chi connectivity index (χ1) is 15.0. The summed E-state index contributed by atoms with van der Waals surface area (Å²) in [4.78, 5) is 24.9. The topological polar surface area (TPSA) is 187 Å². The molecule has 1 saturated heterocycles. The predicted molar refractivity (Wildman–Crippen MR) is 113 cm³/mol. The highest BCUT2D eigenvalue weighted by Crippen LogP contribution is 2.33. The van der Waals surface area contributed by atoms with Crippen LogP contribution >= 0.6 is 0 Å². The van der Waals surface area contributed by atoms with E-state index in [4.69, 9.17) is 16.2 Å². The fourth-order valence-electron chi connectivity index (χ4n) is 3.77. The lowest BCUT2D eigenvalue weighted by molar-refractivity contribution is -0.135. The van der Waals surface area contributed by atoms with Crippen molar-refractivity contribution < 1.29 is 19.7 Å². The molecule has 12 heteroatoms. The lowest BCUT2D eigenvalue weighted by atomic mass is 9.96. The summed E-state index contributed by atoms with van der Waals surface area (Å²) in [6, 6.07) is 0. The number of aliphatic hydroxyl groups excluding tert-OH is 2. The van der Waals surface area contributed by atoms with Crippen molar-refractivity contribution in [3.05, 3.63) is 18.5 Å². The summed E-state index contributed by atoms with van der Waals surface area (Å²) in [6.07, 6.45) is 5.46. The molecule has 2 aromatic heterocycles. The summed E-state index contributed by atoms with van der Waals surface area (Å²) < 4.78 is 7.07. The Bertz CT molecular complexity index is 1010. The summed E-state index contributed by atoms with van der Waals surface area (Å²) in [7, 11) is 0. The molecule has 1 unspecified atom stereocenters. The van der Waals surface area contributed by atoms with E-state index in [2.05, 4.69) is 37.6 Å². The first-order valence-electron chi connectivity index (χ1n) is 10.2. The number of fused-ring (bicyclic) bond motifs is 1. The van der Waals surface area contributed by atoms with Crippen LogP contribution in [0, 0.1) is 5.92 Å². The van der Waals surface area contributed by atoms with E-state index in [1.165, 1.54) is 10.9 Å². The SMILES string of the molecule is NCCC(=O)[C@H]1O[C@@H](n2cnc3c(N)nc(N/N=C/C4CC=CCC4)nc32)[C@H](O)[C@@H]1O. The van der Waals surface area contributed by atoms with Crippen LogP contribution in [0.1, 0.15) is 31.9 Å². The number of rotatable bonds is 7. The average molecular weight is 430 g/mol. The Labute approximate surface area is 178 Å². The van der Waals surface area contributed by atoms with E-state index in [0.29, 0.717) is 11.4 Å². The molecule has 3 heterocycles. The van der Waals surface area contributed by atoms with Crippen LogP contribution in [0.4, 0.5) is 11.8 Å². The Kier molecular flexibility index (Phi) is 6.23. The molecule has 0 aromatic carbocycles. The van der Waals surface area contributed by atoms with Gasteiger partial charge in [0.1, 0.15) is 23.8 Å². The van der Waals surface area contributed by atoms with Crippen molar-refractivity contribution in [2.75, 3.05) is 17.7 Å². The van der Waals surface area contributed by atoms with Crippen LogP contribution in [-0.4, -0.2) is 66.6 Å². The molecule has 7 N–H and O–H groups in total. The van der Waals surface area contributed by atoms with E-state index in [-0.39, 0.29) is 36.2 Å². The van der Waals surface area contributed by atoms with E-state index >= 15 is 0 Å². The van der Waals surface area contributed by atoms with Gasteiger partial charge in [0.25, 0.3) is 0 Å². The summed E-state index contributed by atoms with van der Waals surface area (Å²) in [5.74, 6) is 0.226. The molecule has 166 valence electrons. The second-order valence-corrected chi connectivity index (χ2v) is 7.62. The maximum Gasteiger partial charge on any atom is 0.247 e. The lowest BCUT2D eigenvalue weighted by Crippen LogP contribution is -2.36. The molecule has 0 bridgehead atoms. The van der Waals surface area contributed by atoms with Crippen LogP contribution in [0.25, 0.3) is 11.2 Å². The van der Waals surface area contributed by atoms with E-state index in [0.717, 1.165) is 19.3 Å². The molecule has 0 spiro atoms. The number of carbonyl (C=O) groups excluding carboxylic acids is 1. The number of hydrogen-bond donors (Lipinski definition) is 5. The van der Waals surface area contributed by atoms with Crippen LogP contribution in [0.2, 0.25) is 0 Å². The zero-order valence-electron chi connectivity index (χ0n) is 16.8. The standard InChI is InChI=1S/C19H26N8O4/c20-7-6-11(28)15-13(29)14(30)18(31-15)27-9-22-12-16(21)24-19(25-17(12)27)26-23-8-10-4-2-1-3-5-10/h1-2,8-10,13-15,18,29-30H,3-7,20H2,(H3,21,24,25,26)/b23-8+/t10?,13-,14+,15+,18+/m0/s1. The predicted octanol–water partition coefficient (Wildman–Crippen LogP) is -0.300. The number of ketones is 1. The second kappa shape index (κ2) is 9.06. The molecule has 0 radical (unpaired) electrons. The minimum absolute atomic E-state index is 0.0316. The number of ether oxygens (including phenoxy) is 1. The number of Topliss-reactive ketones (excluding diaryl/α,β-unsaturated/α-hetero) is 1. The van der Waals surface area contributed by atoms with Gasteiger partial charge in [-0.2, -0.15) is 15.1 Å². The average Bonchev–Trinajstić information content (AvgIpc) is 3.31. The summed E-state index contributed by atoms with van der Waals surface area (Å²) in [5, 5.41) is 25.0. The molecule has 0 saturated carbocycles. The number of imidazole rings is 1. The Morgan fingerprint density at radius 2 is 2.19 bits per heavy atom. The van der Waals surface area contributed by atoms with E-state index in [9.17, 15) is 15.0 Å². The lowest BCUT2D eigenvalue weighted by Gasteiger charge is -2.16. The Morgan fingerprint density at radius 1 is 1.35 bits per heavy atom. The molecule has 1 fully saturated rings. The van der Waals surface area contributed by atoms with Gasteiger partial charge in [-0.15, -0.1) is 0 Å². The van der Waals surface area contributed by atoms with Crippen LogP contribution in [-0.2, 0) is 9.53 Å². The molecule has 0 amide bonds. The van der Waals surface area contributed by atoms with Crippen LogP contribution in [0.5, 0.6) is 0 Å². The number of hydrazone groups is 1. The fourth-order valence-corrected chi connectivity index (χ4v) is 3.77. The van der Waals surface area contributed by atoms with E-state index < -0.39 is 24.5 Å². The molecular weight excluding hydrogens is 404 g/mol. The van der Waals surface area contributed by atoms with Crippen molar-refractivity contribution in [1.29, 1.82) is 0 Å². The molecular formula is C19H26N8O4. The van der Waals surface area contributed by atoms with Gasteiger partial charge in [0.15, 0.2) is 23.5 Å². The maximum atomic E-state index is 12.2. The zero-order valence-corrected chi connectivity index (χ0v) is 16.8. The number of aliphatic hydroxyl groups is 2. The normalized spacial score (nSPS) is 28.5. The highest BCUT2D eigenvalue weighted by Gasteiger charge is 2.47. The molecule has 4 rings (SSSR count). The van der Waals surface area contributed by atoms with Crippen molar-refractivity contribution in [3.63, 3.8) is 0 Å². The first-order valence-corrected chi connectivity index (χ1v) is 10.2. The van der Waals surface area contributed by atoms with Gasteiger partial charge < -0.3 is 26.4 Å². The van der Waals surface area contributed by atoms with Crippen molar-refractivity contribution in [2.45, 2.75) is 50.2 Å². The van der Waals surface area contributed by atoms with Crippen LogP contribution < -0.4 is 16.9 Å². The van der Waals surface area contributed by atoms with Gasteiger partial charge >= 0.3 is 0 Å². The summed E-state index contributed by atoms with van der Waals surface area (Å²) in [5.41, 5.74) is 14.8. The number of carbonyl (C=O) groups is 1. The fraction of sp³-hybridized carbons (Fsp3) is 0.526. The van der Waals surface area contributed by atoms with Crippen molar-refractivity contribution in [3.8, 4) is 0 Å². The van der Waals surface area contributed by atoms with Gasteiger partial charge in [-0.05, 0) is 31.7 Å². The molecule has 1 aliphatic carbocycles. The second-order valence-electron chi connectivity index (χ2n) is 7.62. The highest BCUT2D eigenvalue weighted by atomic mass is 16.6. The number of allylic oxidation sites excluding steroid dienone is 2. The molecule has 5 atom stereocenters. The van der Waals surface area contributed by atoms with Gasteiger partial charge in [0, 0.05) is 12.6 Å². The minimum Gasteiger partial charge on any atom is -0.387 e. The van der Waals surface area contributed by atoms with Crippen molar-refractivity contribution >= 4 is 34.9 Å².